The second-order valence-electron chi connectivity index (χ2n) is 14.0. The Bertz CT molecular complexity index is 2580. The van der Waals surface area contributed by atoms with Gasteiger partial charge in [-0.1, -0.05) is 42.0 Å². The summed E-state index contributed by atoms with van der Waals surface area (Å²) < 4.78 is 11.5. The summed E-state index contributed by atoms with van der Waals surface area (Å²) >= 11 is 0. The van der Waals surface area contributed by atoms with Gasteiger partial charge in [0, 0.05) is 36.4 Å². The van der Waals surface area contributed by atoms with Crippen molar-refractivity contribution in [1.29, 1.82) is 0 Å². The van der Waals surface area contributed by atoms with Crippen LogP contribution in [-0.4, -0.2) is 49.8 Å². The number of hydrogen-bond donors (Lipinski definition) is 2. The molecule has 3 N–H and O–H groups in total. The van der Waals surface area contributed by atoms with Crippen molar-refractivity contribution in [3.8, 4) is 34.0 Å². The molecule has 2 aliphatic rings. The Kier molecular flexibility index (Phi) is 6.30. The van der Waals surface area contributed by atoms with Gasteiger partial charge in [0.25, 0.3) is 5.56 Å². The number of fused-ring (bicyclic) bond motifs is 3. The number of phenolic OH excluding ortho intramolecular Hbond substituents is 1. The first kappa shape index (κ1) is 30.1. The molecule has 250 valence electrons. The minimum Gasteiger partial charge on any atom is -0.504 e. The molecule has 12 heteroatoms. The standard InChI is InChI=1S/C38H35N9O3/c1-21-8-10-22(11-9-21)38(15-16-38)47-29(43-26-7-5-6-24(30(26)36(47)49)27-14-17-42-45(27)4)19-46-35-31(34(39)40-20-41-35)32(44-46)23-12-13-28(48)33-25(23)18-37(2,3)50-33/h5-14,17,20,48H,15-16,18-19H2,1-4H3,(H2,39,40,41). The number of anilines is 1. The van der Waals surface area contributed by atoms with Gasteiger partial charge in [-0.15, -0.1) is 0 Å². The highest BCUT2D eigenvalue weighted by atomic mass is 16.5. The Morgan fingerprint density at radius 3 is 2.52 bits per heavy atom. The molecule has 1 aliphatic carbocycles. The van der Waals surface area contributed by atoms with Crippen molar-refractivity contribution in [1.82, 2.24) is 39.1 Å². The number of phenols is 1. The zero-order valence-corrected chi connectivity index (χ0v) is 28.2. The molecule has 9 rings (SSSR count). The normalized spacial score (nSPS) is 15.8. The predicted octanol–water partition coefficient (Wildman–Crippen LogP) is 5.50. The molecule has 0 saturated heterocycles. The maximum atomic E-state index is 15.0. The highest BCUT2D eigenvalue weighted by Crippen LogP contribution is 2.50. The second kappa shape index (κ2) is 10.5. The van der Waals surface area contributed by atoms with Crippen molar-refractivity contribution in [3.63, 3.8) is 0 Å². The summed E-state index contributed by atoms with van der Waals surface area (Å²) in [5, 5.41) is 21.3. The molecule has 0 spiro atoms. The lowest BCUT2D eigenvalue weighted by atomic mass is 9.95. The molecule has 1 aliphatic heterocycles. The van der Waals surface area contributed by atoms with Crippen molar-refractivity contribution in [3.05, 3.63) is 106 Å². The molecule has 0 atom stereocenters. The lowest BCUT2D eigenvalue weighted by Gasteiger charge is -2.24. The summed E-state index contributed by atoms with van der Waals surface area (Å²) in [7, 11) is 1.87. The van der Waals surface area contributed by atoms with E-state index in [0.717, 1.165) is 46.4 Å². The highest BCUT2D eigenvalue weighted by Gasteiger charge is 2.49. The molecular weight excluding hydrogens is 630 g/mol. The minimum atomic E-state index is -0.568. The fourth-order valence-electron chi connectivity index (χ4n) is 7.63. The summed E-state index contributed by atoms with van der Waals surface area (Å²) in [5.41, 5.74) is 12.4. The van der Waals surface area contributed by atoms with Crippen molar-refractivity contribution in [2.45, 2.75) is 57.7 Å². The SMILES string of the molecule is Cc1ccc(C2(n3c(Cn4nc(-c5ccc(O)c6c5CC(C)(C)O6)c5c(N)ncnc54)nc4cccc(-c5ccnn5C)c4c3=O)CC2)cc1. The van der Waals surface area contributed by atoms with Gasteiger partial charge in [0.2, 0.25) is 0 Å². The van der Waals surface area contributed by atoms with Gasteiger partial charge in [-0.05, 0) is 63.4 Å². The maximum Gasteiger partial charge on any atom is 0.262 e. The van der Waals surface area contributed by atoms with E-state index < -0.39 is 11.1 Å². The summed E-state index contributed by atoms with van der Waals surface area (Å²) in [6, 6.07) is 19.5. The van der Waals surface area contributed by atoms with Gasteiger partial charge in [-0.25, -0.2) is 19.6 Å². The molecule has 3 aromatic carbocycles. The van der Waals surface area contributed by atoms with E-state index in [-0.39, 0.29) is 23.7 Å². The predicted molar refractivity (Wildman–Crippen MR) is 190 cm³/mol. The lowest BCUT2D eigenvalue weighted by Crippen LogP contribution is -2.36. The highest BCUT2D eigenvalue weighted by molar-refractivity contribution is 5.99. The number of benzene rings is 3. The summed E-state index contributed by atoms with van der Waals surface area (Å²) in [6.07, 6.45) is 5.30. The minimum absolute atomic E-state index is 0.0722. The average Bonchev–Trinajstić information content (AvgIpc) is 3.43. The zero-order valence-electron chi connectivity index (χ0n) is 28.2. The molecule has 1 fully saturated rings. The third-order valence-corrected chi connectivity index (χ3v) is 10.1. The number of ether oxygens (including phenoxy) is 1. The van der Waals surface area contributed by atoms with Gasteiger partial charge in [0.1, 0.15) is 35.8 Å². The topological polar surface area (TPSA) is 152 Å². The number of nitrogen functional groups attached to an aromatic ring is 1. The van der Waals surface area contributed by atoms with Crippen LogP contribution in [0.4, 0.5) is 5.82 Å². The number of rotatable bonds is 6. The summed E-state index contributed by atoms with van der Waals surface area (Å²) in [6.45, 7) is 6.17. The van der Waals surface area contributed by atoms with E-state index in [9.17, 15) is 5.11 Å². The number of aromatic nitrogens is 8. The van der Waals surface area contributed by atoms with Crippen LogP contribution < -0.4 is 16.0 Å². The van der Waals surface area contributed by atoms with Crippen LogP contribution in [0.5, 0.6) is 11.5 Å². The Balaban J connectivity index is 1.28. The van der Waals surface area contributed by atoms with Crippen LogP contribution in [0.25, 0.3) is 44.5 Å². The Hall–Kier alpha value is -6.04. The van der Waals surface area contributed by atoms with Gasteiger partial charge >= 0.3 is 0 Å². The van der Waals surface area contributed by atoms with E-state index in [4.69, 9.17) is 20.6 Å². The molecule has 7 aromatic rings. The molecule has 0 radical (unpaired) electrons. The molecule has 5 heterocycles. The Morgan fingerprint density at radius 1 is 0.980 bits per heavy atom. The Morgan fingerprint density at radius 2 is 1.78 bits per heavy atom. The molecular formula is C38H35N9O3. The zero-order chi connectivity index (χ0) is 34.5. The van der Waals surface area contributed by atoms with Crippen molar-refractivity contribution < 1.29 is 9.84 Å². The van der Waals surface area contributed by atoms with Crippen LogP contribution in [0.2, 0.25) is 0 Å². The first-order valence-corrected chi connectivity index (χ1v) is 16.7. The molecule has 50 heavy (non-hydrogen) atoms. The second-order valence-corrected chi connectivity index (χ2v) is 14.0. The molecule has 1 saturated carbocycles. The first-order valence-electron chi connectivity index (χ1n) is 16.7. The van der Waals surface area contributed by atoms with Crippen molar-refractivity contribution in [2.75, 3.05) is 5.73 Å². The van der Waals surface area contributed by atoms with Crippen LogP contribution in [-0.2, 0) is 25.6 Å². The van der Waals surface area contributed by atoms with Crippen LogP contribution in [0.1, 0.15) is 49.2 Å². The van der Waals surface area contributed by atoms with E-state index in [1.54, 1.807) is 21.6 Å². The van der Waals surface area contributed by atoms with E-state index in [2.05, 4.69) is 46.3 Å². The number of nitrogens with zero attached hydrogens (tertiary/aromatic N) is 8. The van der Waals surface area contributed by atoms with Gasteiger partial charge in [0.15, 0.2) is 17.1 Å². The Labute approximate surface area is 286 Å². The summed E-state index contributed by atoms with van der Waals surface area (Å²) in [4.78, 5) is 29.2. The van der Waals surface area contributed by atoms with Crippen molar-refractivity contribution in [2.24, 2.45) is 7.05 Å². The quantitative estimate of drug-likeness (QED) is 0.235. The molecule has 0 bridgehead atoms. The third-order valence-electron chi connectivity index (χ3n) is 10.1. The van der Waals surface area contributed by atoms with Crippen molar-refractivity contribution >= 4 is 27.8 Å². The molecule has 4 aromatic heterocycles. The maximum absolute atomic E-state index is 15.0. The van der Waals surface area contributed by atoms with Gasteiger partial charge < -0.3 is 15.6 Å². The summed E-state index contributed by atoms with van der Waals surface area (Å²) in [5.74, 6) is 1.34. The number of nitrogens with two attached hydrogens (primary N) is 1. The number of hydrogen-bond acceptors (Lipinski definition) is 9. The first-order chi connectivity index (χ1) is 24.0. The largest absolute Gasteiger partial charge is 0.504 e. The van der Waals surface area contributed by atoms with E-state index in [0.29, 0.717) is 45.6 Å². The lowest BCUT2D eigenvalue weighted by molar-refractivity contribution is 0.134. The molecule has 12 nitrogen and oxygen atoms in total. The van der Waals surface area contributed by atoms with Gasteiger partial charge in [-0.2, -0.15) is 10.2 Å². The number of aryl methyl sites for hydroxylation is 2. The molecule has 0 unspecified atom stereocenters. The van der Waals surface area contributed by atoms with Crippen LogP contribution in [0.15, 0.2) is 78.0 Å². The fraction of sp³-hybridized carbons (Fsp3) is 0.263. The molecule has 0 amide bonds. The van der Waals surface area contributed by atoms with Crippen LogP contribution >= 0.6 is 0 Å². The van der Waals surface area contributed by atoms with Gasteiger partial charge in [-0.3, -0.25) is 14.0 Å². The van der Waals surface area contributed by atoms with E-state index in [1.165, 1.54) is 6.33 Å². The average molecular weight is 666 g/mol. The van der Waals surface area contributed by atoms with Gasteiger partial charge in [0.05, 0.1) is 27.5 Å². The monoisotopic (exact) mass is 665 g/mol. The van der Waals surface area contributed by atoms with Crippen LogP contribution in [0, 0.1) is 6.92 Å². The number of aromatic hydroxyl groups is 1. The van der Waals surface area contributed by atoms with Crippen LogP contribution in [0.3, 0.4) is 0 Å². The fourth-order valence-corrected chi connectivity index (χ4v) is 7.63. The van der Waals surface area contributed by atoms with E-state index >= 15 is 4.79 Å². The third kappa shape index (κ3) is 4.44. The smallest absolute Gasteiger partial charge is 0.262 e. The van der Waals surface area contributed by atoms with E-state index in [1.807, 2.05) is 55.8 Å².